The fourth-order valence-electron chi connectivity index (χ4n) is 1.06. The number of aryl methyl sites for hydroxylation is 1. The van der Waals surface area contributed by atoms with Crippen molar-refractivity contribution in [1.29, 1.82) is 0 Å². The summed E-state index contributed by atoms with van der Waals surface area (Å²) in [4.78, 5) is 10.3. The largest absolute Gasteiger partial charge is 0.385 e. The molecule has 1 rings (SSSR count). The summed E-state index contributed by atoms with van der Waals surface area (Å²) < 4.78 is 6.90. The lowest BCUT2D eigenvalue weighted by Gasteiger charge is -2.00. The second-order valence-corrected chi connectivity index (χ2v) is 2.65. The molecule has 0 aliphatic heterocycles. The molecule has 0 spiro atoms. The van der Waals surface area contributed by atoms with Gasteiger partial charge in [-0.1, -0.05) is 0 Å². The van der Waals surface area contributed by atoms with Crippen LogP contribution >= 0.6 is 0 Å². The van der Waals surface area contributed by atoms with E-state index in [1.54, 1.807) is 13.2 Å². The highest BCUT2D eigenvalue weighted by Crippen LogP contribution is 1.98. The summed E-state index contributed by atoms with van der Waals surface area (Å²) in [5, 5.41) is 0. The summed E-state index contributed by atoms with van der Waals surface area (Å²) in [6.45, 7) is 1.66. The van der Waals surface area contributed by atoms with E-state index in [-0.39, 0.29) is 0 Å². The van der Waals surface area contributed by atoms with Crippen LogP contribution in [0.25, 0.3) is 0 Å². The van der Waals surface area contributed by atoms with Crippen LogP contribution in [0, 0.1) is 0 Å². The molecule has 0 saturated heterocycles. The normalized spacial score (nSPS) is 10.1. The predicted molar refractivity (Wildman–Crippen MR) is 46.3 cm³/mol. The van der Waals surface area contributed by atoms with Crippen LogP contribution in [0.2, 0.25) is 0 Å². The highest BCUT2D eigenvalue weighted by atomic mass is 16.5. The van der Waals surface area contributed by atoms with Crippen molar-refractivity contribution in [3.63, 3.8) is 0 Å². The first-order chi connectivity index (χ1) is 5.86. The number of rotatable bonds is 5. The molecule has 0 fully saturated rings. The van der Waals surface area contributed by atoms with Crippen LogP contribution < -0.4 is 0 Å². The molecule has 1 aromatic heterocycles. The molecule has 0 bridgehead atoms. The molecule has 0 N–H and O–H groups in total. The van der Waals surface area contributed by atoms with E-state index in [1.807, 2.05) is 17.0 Å². The highest BCUT2D eigenvalue weighted by Gasteiger charge is 1.93. The van der Waals surface area contributed by atoms with E-state index < -0.39 is 0 Å². The molecule has 3 nitrogen and oxygen atoms in total. The van der Waals surface area contributed by atoms with Gasteiger partial charge >= 0.3 is 0 Å². The third-order valence-corrected chi connectivity index (χ3v) is 1.67. The molecule has 0 saturated carbocycles. The van der Waals surface area contributed by atoms with Gasteiger partial charge in [0.2, 0.25) is 0 Å². The van der Waals surface area contributed by atoms with Crippen LogP contribution in [0.15, 0.2) is 18.5 Å². The van der Waals surface area contributed by atoms with Crippen molar-refractivity contribution in [2.75, 3.05) is 13.7 Å². The summed E-state index contributed by atoms with van der Waals surface area (Å²) in [6, 6.07) is 1.81. The van der Waals surface area contributed by atoms with E-state index in [0.717, 1.165) is 31.4 Å². The molecule has 0 aromatic carbocycles. The van der Waals surface area contributed by atoms with Gasteiger partial charge in [-0.05, 0) is 12.5 Å². The molecule has 1 aromatic rings. The summed E-state index contributed by atoms with van der Waals surface area (Å²) in [5.41, 5.74) is 0.729. The summed E-state index contributed by atoms with van der Waals surface area (Å²) in [6.07, 6.45) is 5.57. The Morgan fingerprint density at radius 2 is 2.50 bits per heavy atom. The molecular weight excluding hydrogens is 154 g/mol. The Bertz CT molecular complexity index is 242. The van der Waals surface area contributed by atoms with Gasteiger partial charge in [0.1, 0.15) is 0 Å². The minimum atomic E-state index is 0.729. The quantitative estimate of drug-likeness (QED) is 0.489. The van der Waals surface area contributed by atoms with Crippen LogP contribution in [0.5, 0.6) is 0 Å². The van der Waals surface area contributed by atoms with Crippen molar-refractivity contribution in [2.24, 2.45) is 0 Å². The van der Waals surface area contributed by atoms with Crippen molar-refractivity contribution < 1.29 is 9.53 Å². The molecule has 12 heavy (non-hydrogen) atoms. The first-order valence-corrected chi connectivity index (χ1v) is 3.96. The molecule has 66 valence electrons. The van der Waals surface area contributed by atoms with Gasteiger partial charge in [0, 0.05) is 38.2 Å². The third kappa shape index (κ3) is 2.51. The number of hydrogen-bond acceptors (Lipinski definition) is 2. The number of aldehydes is 1. The second kappa shape index (κ2) is 4.72. The standard InChI is InChI=1S/C9H13NO2/c1-12-6-2-4-10-5-3-9(7-10)8-11/h3,5,7-8H,2,4,6H2,1H3. The van der Waals surface area contributed by atoms with Crippen LogP contribution in [0.1, 0.15) is 16.8 Å². The fraction of sp³-hybridized carbons (Fsp3) is 0.444. The number of carbonyl (C=O) groups excluding carboxylic acids is 1. The number of methoxy groups -OCH3 is 1. The zero-order valence-electron chi connectivity index (χ0n) is 7.19. The average Bonchev–Trinajstić information content (AvgIpc) is 2.53. The van der Waals surface area contributed by atoms with E-state index in [1.165, 1.54) is 0 Å². The zero-order valence-corrected chi connectivity index (χ0v) is 7.19. The SMILES string of the molecule is COCCCn1ccc(C=O)c1. The minimum absolute atomic E-state index is 0.729. The Morgan fingerprint density at radius 3 is 3.08 bits per heavy atom. The molecule has 1 heterocycles. The Kier molecular flexibility index (Phi) is 3.54. The van der Waals surface area contributed by atoms with Gasteiger partial charge in [-0.2, -0.15) is 0 Å². The van der Waals surface area contributed by atoms with Crippen molar-refractivity contribution in [3.8, 4) is 0 Å². The predicted octanol–water partition coefficient (Wildman–Crippen LogP) is 1.34. The Morgan fingerprint density at radius 1 is 1.67 bits per heavy atom. The monoisotopic (exact) mass is 167 g/mol. The lowest BCUT2D eigenvalue weighted by Crippen LogP contribution is -1.98. The van der Waals surface area contributed by atoms with Crippen molar-refractivity contribution in [1.82, 2.24) is 4.57 Å². The maximum Gasteiger partial charge on any atom is 0.151 e. The summed E-state index contributed by atoms with van der Waals surface area (Å²) >= 11 is 0. The van der Waals surface area contributed by atoms with Gasteiger partial charge in [-0.3, -0.25) is 4.79 Å². The number of carbonyl (C=O) groups is 1. The molecular formula is C9H13NO2. The van der Waals surface area contributed by atoms with E-state index in [9.17, 15) is 4.79 Å². The number of nitrogens with zero attached hydrogens (tertiary/aromatic N) is 1. The third-order valence-electron chi connectivity index (χ3n) is 1.67. The Labute approximate surface area is 72.0 Å². The van der Waals surface area contributed by atoms with Gasteiger partial charge in [0.25, 0.3) is 0 Å². The molecule has 0 aliphatic rings. The second-order valence-electron chi connectivity index (χ2n) is 2.65. The van der Waals surface area contributed by atoms with Crippen molar-refractivity contribution in [3.05, 3.63) is 24.0 Å². The zero-order chi connectivity index (χ0) is 8.81. The van der Waals surface area contributed by atoms with Gasteiger partial charge < -0.3 is 9.30 Å². The molecule has 0 aliphatic carbocycles. The smallest absolute Gasteiger partial charge is 0.151 e. The summed E-state index contributed by atoms with van der Waals surface area (Å²) in [5.74, 6) is 0. The van der Waals surface area contributed by atoms with E-state index in [2.05, 4.69) is 0 Å². The van der Waals surface area contributed by atoms with Gasteiger partial charge in [-0.15, -0.1) is 0 Å². The maximum absolute atomic E-state index is 10.3. The van der Waals surface area contributed by atoms with E-state index >= 15 is 0 Å². The van der Waals surface area contributed by atoms with Crippen LogP contribution in [-0.4, -0.2) is 24.6 Å². The van der Waals surface area contributed by atoms with Crippen molar-refractivity contribution >= 4 is 6.29 Å². The van der Waals surface area contributed by atoms with Gasteiger partial charge in [0.15, 0.2) is 6.29 Å². The van der Waals surface area contributed by atoms with E-state index in [0.29, 0.717) is 0 Å². The van der Waals surface area contributed by atoms with Crippen LogP contribution in [0.4, 0.5) is 0 Å². The minimum Gasteiger partial charge on any atom is -0.385 e. The molecule has 0 unspecified atom stereocenters. The molecule has 0 amide bonds. The fourth-order valence-corrected chi connectivity index (χ4v) is 1.06. The first kappa shape index (κ1) is 9.00. The topological polar surface area (TPSA) is 31.2 Å². The van der Waals surface area contributed by atoms with Crippen LogP contribution in [0.3, 0.4) is 0 Å². The molecule has 0 radical (unpaired) electrons. The van der Waals surface area contributed by atoms with Gasteiger partial charge in [-0.25, -0.2) is 0 Å². The number of hydrogen-bond donors (Lipinski definition) is 0. The summed E-state index contributed by atoms with van der Waals surface area (Å²) in [7, 11) is 1.69. The highest BCUT2D eigenvalue weighted by molar-refractivity contribution is 5.74. The van der Waals surface area contributed by atoms with Gasteiger partial charge in [0.05, 0.1) is 0 Å². The van der Waals surface area contributed by atoms with Crippen LogP contribution in [-0.2, 0) is 11.3 Å². The lowest BCUT2D eigenvalue weighted by molar-refractivity contribution is 0.112. The molecule has 0 atom stereocenters. The lowest BCUT2D eigenvalue weighted by atomic mass is 10.4. The molecule has 3 heteroatoms. The van der Waals surface area contributed by atoms with E-state index in [4.69, 9.17) is 4.74 Å². The average molecular weight is 167 g/mol. The Balaban J connectivity index is 2.36. The first-order valence-electron chi connectivity index (χ1n) is 3.96. The van der Waals surface area contributed by atoms with Crippen molar-refractivity contribution in [2.45, 2.75) is 13.0 Å². The number of aromatic nitrogens is 1. The number of ether oxygens (including phenoxy) is 1. The Hall–Kier alpha value is -1.09. The maximum atomic E-state index is 10.3.